The Labute approximate surface area is 88.4 Å². The second-order valence-electron chi connectivity index (χ2n) is 4.36. The number of hydrogen-bond acceptors (Lipinski definition) is 2. The summed E-state index contributed by atoms with van der Waals surface area (Å²) in [5.41, 5.74) is 1.27. The Hall–Kier alpha value is -0.340. The minimum atomic E-state index is 1.09. The van der Waals surface area contributed by atoms with Gasteiger partial charge in [0.05, 0.1) is 0 Å². The van der Waals surface area contributed by atoms with Crippen LogP contribution in [0.5, 0.6) is 0 Å². The predicted molar refractivity (Wildman–Crippen MR) is 62.6 cm³/mol. The average molecular weight is 196 g/mol. The number of piperidine rings is 1. The zero-order chi connectivity index (χ0) is 10.2. The first-order valence-electron chi connectivity index (χ1n) is 5.86. The van der Waals surface area contributed by atoms with E-state index in [-0.39, 0.29) is 0 Å². The van der Waals surface area contributed by atoms with Gasteiger partial charge in [0.15, 0.2) is 0 Å². The summed E-state index contributed by atoms with van der Waals surface area (Å²) >= 11 is 0. The molecule has 2 nitrogen and oxygen atoms in total. The molecule has 1 aliphatic heterocycles. The van der Waals surface area contributed by atoms with Crippen molar-refractivity contribution in [2.45, 2.75) is 32.6 Å². The molecule has 0 aromatic heterocycles. The van der Waals surface area contributed by atoms with Gasteiger partial charge in [0.25, 0.3) is 0 Å². The molecule has 14 heavy (non-hydrogen) atoms. The van der Waals surface area contributed by atoms with Gasteiger partial charge in [0.1, 0.15) is 0 Å². The first-order chi connectivity index (χ1) is 6.79. The standard InChI is InChI=1S/C12H24N2/c1-12(2)6-7-13-8-11-14-9-4-3-5-10-14/h13H,1,3-11H2,2H3. The zero-order valence-electron chi connectivity index (χ0n) is 9.52. The van der Waals surface area contributed by atoms with E-state index in [0.717, 1.165) is 19.5 Å². The van der Waals surface area contributed by atoms with Crippen molar-refractivity contribution in [3.8, 4) is 0 Å². The molecular formula is C12H24N2. The predicted octanol–water partition coefficient (Wildman–Crippen LogP) is 2.03. The maximum atomic E-state index is 3.89. The Bertz CT molecular complexity index is 160. The average Bonchev–Trinajstić information content (AvgIpc) is 2.18. The van der Waals surface area contributed by atoms with E-state index in [1.807, 2.05) is 0 Å². The van der Waals surface area contributed by atoms with E-state index < -0.39 is 0 Å². The summed E-state index contributed by atoms with van der Waals surface area (Å²) in [5.74, 6) is 0. The van der Waals surface area contributed by atoms with E-state index >= 15 is 0 Å². The number of nitrogens with zero attached hydrogens (tertiary/aromatic N) is 1. The molecule has 0 aliphatic carbocycles. The molecule has 0 atom stereocenters. The Balaban J connectivity index is 1.90. The molecule has 0 bridgehead atoms. The normalized spacial score (nSPS) is 18.4. The third-order valence-corrected chi connectivity index (χ3v) is 2.78. The molecule has 0 radical (unpaired) electrons. The smallest absolute Gasteiger partial charge is 0.0107 e. The lowest BCUT2D eigenvalue weighted by Crippen LogP contribution is -2.36. The van der Waals surface area contributed by atoms with Gasteiger partial charge in [0.2, 0.25) is 0 Å². The molecule has 1 aliphatic rings. The van der Waals surface area contributed by atoms with Crippen LogP contribution in [0.25, 0.3) is 0 Å². The molecule has 1 heterocycles. The Morgan fingerprint density at radius 3 is 2.57 bits per heavy atom. The van der Waals surface area contributed by atoms with Crippen molar-refractivity contribution in [2.75, 3.05) is 32.7 Å². The molecule has 0 saturated carbocycles. The second kappa shape index (κ2) is 7.02. The van der Waals surface area contributed by atoms with E-state index in [2.05, 4.69) is 23.7 Å². The minimum Gasteiger partial charge on any atom is -0.315 e. The van der Waals surface area contributed by atoms with Gasteiger partial charge in [-0.15, -0.1) is 6.58 Å². The molecule has 0 unspecified atom stereocenters. The summed E-state index contributed by atoms with van der Waals surface area (Å²) < 4.78 is 0. The van der Waals surface area contributed by atoms with E-state index in [9.17, 15) is 0 Å². The van der Waals surface area contributed by atoms with E-state index in [1.165, 1.54) is 44.5 Å². The summed E-state index contributed by atoms with van der Waals surface area (Å²) in [7, 11) is 0. The fraction of sp³-hybridized carbons (Fsp3) is 0.833. The lowest BCUT2D eigenvalue weighted by molar-refractivity contribution is 0.229. The van der Waals surface area contributed by atoms with Crippen LogP contribution in [-0.2, 0) is 0 Å². The van der Waals surface area contributed by atoms with Gasteiger partial charge in [-0.25, -0.2) is 0 Å². The summed E-state index contributed by atoms with van der Waals surface area (Å²) in [5, 5.41) is 3.46. The number of hydrogen-bond donors (Lipinski definition) is 1. The van der Waals surface area contributed by atoms with Crippen molar-refractivity contribution in [1.82, 2.24) is 10.2 Å². The van der Waals surface area contributed by atoms with Crippen molar-refractivity contribution in [3.05, 3.63) is 12.2 Å². The Kier molecular flexibility index (Phi) is 5.88. The second-order valence-corrected chi connectivity index (χ2v) is 4.36. The maximum Gasteiger partial charge on any atom is 0.0107 e. The molecule has 2 heteroatoms. The Morgan fingerprint density at radius 1 is 1.21 bits per heavy atom. The molecule has 0 spiro atoms. The topological polar surface area (TPSA) is 15.3 Å². The van der Waals surface area contributed by atoms with E-state index in [0.29, 0.717) is 0 Å². The number of nitrogens with one attached hydrogen (secondary N) is 1. The molecule has 0 aromatic carbocycles. The maximum absolute atomic E-state index is 3.89. The van der Waals surface area contributed by atoms with Gasteiger partial charge in [-0.2, -0.15) is 0 Å². The van der Waals surface area contributed by atoms with Crippen LogP contribution in [-0.4, -0.2) is 37.6 Å². The number of likely N-dealkylation sites (tertiary alicyclic amines) is 1. The van der Waals surface area contributed by atoms with Crippen LogP contribution in [0.2, 0.25) is 0 Å². The van der Waals surface area contributed by atoms with Crippen molar-refractivity contribution in [2.24, 2.45) is 0 Å². The molecule has 1 rings (SSSR count). The van der Waals surface area contributed by atoms with Gasteiger partial charge in [0, 0.05) is 13.1 Å². The molecule has 1 saturated heterocycles. The molecule has 0 amide bonds. The van der Waals surface area contributed by atoms with Gasteiger partial charge >= 0.3 is 0 Å². The van der Waals surface area contributed by atoms with Gasteiger partial charge in [-0.1, -0.05) is 12.0 Å². The van der Waals surface area contributed by atoms with Crippen LogP contribution in [0, 0.1) is 0 Å². The van der Waals surface area contributed by atoms with Gasteiger partial charge in [-0.3, -0.25) is 0 Å². The van der Waals surface area contributed by atoms with Crippen LogP contribution in [0.4, 0.5) is 0 Å². The molecule has 82 valence electrons. The first-order valence-corrected chi connectivity index (χ1v) is 5.86. The SMILES string of the molecule is C=C(C)CCNCCN1CCCCC1. The lowest BCUT2D eigenvalue weighted by Gasteiger charge is -2.26. The number of rotatable bonds is 6. The van der Waals surface area contributed by atoms with Crippen LogP contribution in [0.1, 0.15) is 32.6 Å². The zero-order valence-corrected chi connectivity index (χ0v) is 9.52. The summed E-state index contributed by atoms with van der Waals surface area (Å²) in [6, 6.07) is 0. The van der Waals surface area contributed by atoms with E-state index in [1.54, 1.807) is 0 Å². The highest BCUT2D eigenvalue weighted by Gasteiger charge is 2.08. The van der Waals surface area contributed by atoms with Crippen molar-refractivity contribution in [1.29, 1.82) is 0 Å². The third-order valence-electron chi connectivity index (χ3n) is 2.78. The monoisotopic (exact) mass is 196 g/mol. The summed E-state index contributed by atoms with van der Waals surface area (Å²) in [6.07, 6.45) is 5.33. The van der Waals surface area contributed by atoms with Gasteiger partial charge in [-0.05, 0) is 45.8 Å². The fourth-order valence-electron chi connectivity index (χ4n) is 1.85. The van der Waals surface area contributed by atoms with Crippen molar-refractivity contribution >= 4 is 0 Å². The summed E-state index contributed by atoms with van der Waals surface area (Å²) in [4.78, 5) is 2.57. The Morgan fingerprint density at radius 2 is 1.93 bits per heavy atom. The van der Waals surface area contributed by atoms with E-state index in [4.69, 9.17) is 0 Å². The lowest BCUT2D eigenvalue weighted by atomic mass is 10.1. The van der Waals surface area contributed by atoms with Gasteiger partial charge < -0.3 is 10.2 Å². The van der Waals surface area contributed by atoms with Crippen LogP contribution < -0.4 is 5.32 Å². The third kappa shape index (κ3) is 5.40. The van der Waals surface area contributed by atoms with Crippen LogP contribution in [0.15, 0.2) is 12.2 Å². The van der Waals surface area contributed by atoms with Crippen molar-refractivity contribution in [3.63, 3.8) is 0 Å². The largest absolute Gasteiger partial charge is 0.315 e. The highest BCUT2D eigenvalue weighted by atomic mass is 15.1. The quantitative estimate of drug-likeness (QED) is 0.516. The first kappa shape index (κ1) is 11.7. The highest BCUT2D eigenvalue weighted by Crippen LogP contribution is 2.07. The molecule has 1 fully saturated rings. The van der Waals surface area contributed by atoms with Crippen LogP contribution in [0.3, 0.4) is 0 Å². The molecular weight excluding hydrogens is 172 g/mol. The fourth-order valence-corrected chi connectivity index (χ4v) is 1.85. The van der Waals surface area contributed by atoms with Crippen LogP contribution >= 0.6 is 0 Å². The summed E-state index contributed by atoms with van der Waals surface area (Å²) in [6.45, 7) is 12.0. The highest BCUT2D eigenvalue weighted by molar-refractivity contribution is 4.88. The molecule has 0 aromatic rings. The molecule has 1 N–H and O–H groups in total. The minimum absolute atomic E-state index is 1.09. The van der Waals surface area contributed by atoms with Crippen molar-refractivity contribution < 1.29 is 0 Å².